The number of carbonyl (C=O) groups excluding carboxylic acids is 1. The third-order valence-electron chi connectivity index (χ3n) is 3.33. The van der Waals surface area contributed by atoms with Gasteiger partial charge in [0, 0.05) is 24.7 Å². The molecular formula is C18H17F3N2O4S. The zero-order chi connectivity index (χ0) is 20.6. The number of ether oxygens (including phenoxy) is 1. The van der Waals surface area contributed by atoms with E-state index in [1.54, 1.807) is 18.2 Å². The van der Waals surface area contributed by atoms with Gasteiger partial charge in [0.15, 0.2) is 0 Å². The van der Waals surface area contributed by atoms with E-state index in [9.17, 15) is 26.4 Å². The molecule has 0 aliphatic carbocycles. The van der Waals surface area contributed by atoms with Gasteiger partial charge in [-0.05, 0) is 24.3 Å². The quantitative estimate of drug-likeness (QED) is 0.514. The predicted molar refractivity (Wildman–Crippen MR) is 96.8 cm³/mol. The van der Waals surface area contributed by atoms with Gasteiger partial charge in [0.05, 0.1) is 4.90 Å². The van der Waals surface area contributed by atoms with Gasteiger partial charge in [-0.25, -0.2) is 13.1 Å². The highest BCUT2D eigenvalue weighted by Gasteiger charge is 2.31. The Morgan fingerprint density at radius 3 is 2.32 bits per heavy atom. The fraction of sp³-hybridized carbons (Fsp3) is 0.167. The topological polar surface area (TPSA) is 84.5 Å². The average Bonchev–Trinajstić information content (AvgIpc) is 2.64. The van der Waals surface area contributed by atoms with E-state index in [0.29, 0.717) is 0 Å². The van der Waals surface area contributed by atoms with Gasteiger partial charge in [-0.3, -0.25) is 4.79 Å². The van der Waals surface area contributed by atoms with Gasteiger partial charge in [-0.15, -0.1) is 13.2 Å². The maximum Gasteiger partial charge on any atom is 0.573 e. The van der Waals surface area contributed by atoms with Gasteiger partial charge in [0.1, 0.15) is 5.75 Å². The Kier molecular flexibility index (Phi) is 7.18. The highest BCUT2D eigenvalue weighted by atomic mass is 32.2. The Labute approximate surface area is 160 Å². The second-order valence-corrected chi connectivity index (χ2v) is 7.19. The molecule has 6 nitrogen and oxygen atoms in total. The Morgan fingerprint density at radius 2 is 1.64 bits per heavy atom. The number of hydrogen-bond donors (Lipinski definition) is 2. The third-order valence-corrected chi connectivity index (χ3v) is 4.81. The summed E-state index contributed by atoms with van der Waals surface area (Å²) in [4.78, 5) is 11.9. The van der Waals surface area contributed by atoms with Crippen LogP contribution in [0.5, 0.6) is 5.75 Å². The minimum absolute atomic E-state index is 0.00403. The van der Waals surface area contributed by atoms with Gasteiger partial charge in [-0.1, -0.05) is 36.4 Å². The highest BCUT2D eigenvalue weighted by molar-refractivity contribution is 7.89. The molecule has 0 aromatic heterocycles. The number of rotatable bonds is 8. The molecule has 0 heterocycles. The number of para-hydroxylation sites is 1. The number of hydrogen-bond acceptors (Lipinski definition) is 4. The maximum absolute atomic E-state index is 12.4. The van der Waals surface area contributed by atoms with Crippen molar-refractivity contribution in [3.63, 3.8) is 0 Å². The van der Waals surface area contributed by atoms with Crippen LogP contribution in [0.3, 0.4) is 0 Å². The first-order valence-electron chi connectivity index (χ1n) is 8.03. The molecule has 0 fully saturated rings. The van der Waals surface area contributed by atoms with Crippen LogP contribution in [0.2, 0.25) is 0 Å². The van der Waals surface area contributed by atoms with Crippen molar-refractivity contribution in [2.75, 3.05) is 13.1 Å². The van der Waals surface area contributed by atoms with Crippen molar-refractivity contribution in [2.24, 2.45) is 0 Å². The Morgan fingerprint density at radius 1 is 1.00 bits per heavy atom. The molecule has 0 bridgehead atoms. The van der Waals surface area contributed by atoms with Crippen LogP contribution in [0.4, 0.5) is 13.2 Å². The van der Waals surface area contributed by atoms with Crippen LogP contribution in [0.15, 0.2) is 65.6 Å². The number of sulfonamides is 1. The molecule has 10 heteroatoms. The van der Waals surface area contributed by atoms with Crippen LogP contribution in [-0.4, -0.2) is 33.8 Å². The summed E-state index contributed by atoms with van der Waals surface area (Å²) < 4.78 is 67.3. The van der Waals surface area contributed by atoms with E-state index in [2.05, 4.69) is 14.8 Å². The second kappa shape index (κ2) is 9.38. The van der Waals surface area contributed by atoms with Crippen LogP contribution in [-0.2, 0) is 14.8 Å². The van der Waals surface area contributed by atoms with Crippen molar-refractivity contribution >= 4 is 22.0 Å². The molecule has 0 saturated heterocycles. The third kappa shape index (κ3) is 7.05. The van der Waals surface area contributed by atoms with Crippen molar-refractivity contribution in [1.29, 1.82) is 0 Å². The molecule has 0 aliphatic rings. The Hall–Kier alpha value is -2.85. The molecule has 0 atom stereocenters. The number of amides is 1. The van der Waals surface area contributed by atoms with Gasteiger partial charge in [-0.2, -0.15) is 0 Å². The summed E-state index contributed by atoms with van der Waals surface area (Å²) in [5.74, 6) is -1.03. The van der Waals surface area contributed by atoms with Crippen LogP contribution in [0.25, 0.3) is 6.08 Å². The van der Waals surface area contributed by atoms with E-state index in [1.165, 1.54) is 36.4 Å². The van der Waals surface area contributed by atoms with E-state index in [0.717, 1.165) is 12.1 Å². The first kappa shape index (κ1) is 21.5. The van der Waals surface area contributed by atoms with Crippen LogP contribution in [0, 0.1) is 0 Å². The first-order valence-corrected chi connectivity index (χ1v) is 9.51. The number of alkyl halides is 3. The molecule has 0 aliphatic heterocycles. The molecule has 2 aromatic rings. The minimum atomic E-state index is -4.85. The van der Waals surface area contributed by atoms with Gasteiger partial charge < -0.3 is 10.1 Å². The second-order valence-electron chi connectivity index (χ2n) is 5.42. The number of benzene rings is 2. The van der Waals surface area contributed by atoms with E-state index in [-0.39, 0.29) is 23.5 Å². The average molecular weight is 414 g/mol. The number of halogens is 3. The molecule has 0 unspecified atom stereocenters. The molecule has 2 aromatic carbocycles. The molecule has 1 amide bonds. The molecule has 2 rings (SSSR count). The zero-order valence-electron chi connectivity index (χ0n) is 14.4. The summed E-state index contributed by atoms with van der Waals surface area (Å²) in [6.45, 7) is -0.0550. The summed E-state index contributed by atoms with van der Waals surface area (Å²) in [5.41, 5.74) is 0.0692. The lowest BCUT2D eigenvalue weighted by Crippen LogP contribution is -2.34. The standard InChI is InChI=1S/C18H17F3N2O4S/c19-18(20,21)27-16-9-5-4-6-14(16)10-11-17(24)22-12-13-23-28(25,26)15-7-2-1-3-8-15/h1-11,23H,12-13H2,(H,22,24)/b11-10+. The predicted octanol–water partition coefficient (Wildman–Crippen LogP) is 2.69. The fourth-order valence-corrected chi connectivity index (χ4v) is 3.17. The van der Waals surface area contributed by atoms with Crippen molar-refractivity contribution in [3.05, 3.63) is 66.2 Å². The zero-order valence-corrected chi connectivity index (χ0v) is 15.3. The summed E-state index contributed by atoms with van der Waals surface area (Å²) in [6.07, 6.45) is -2.64. The number of carbonyl (C=O) groups is 1. The minimum Gasteiger partial charge on any atom is -0.405 e. The summed E-state index contributed by atoms with van der Waals surface area (Å²) in [7, 11) is -3.68. The van der Waals surface area contributed by atoms with E-state index in [1.807, 2.05) is 0 Å². The normalized spacial score (nSPS) is 12.1. The lowest BCUT2D eigenvalue weighted by Gasteiger charge is -2.11. The molecule has 150 valence electrons. The molecular weight excluding hydrogens is 397 g/mol. The fourth-order valence-electron chi connectivity index (χ4n) is 2.11. The monoisotopic (exact) mass is 414 g/mol. The smallest absolute Gasteiger partial charge is 0.405 e. The molecule has 0 saturated carbocycles. The van der Waals surface area contributed by atoms with Crippen LogP contribution < -0.4 is 14.8 Å². The molecule has 0 radical (unpaired) electrons. The number of nitrogens with one attached hydrogen (secondary N) is 2. The lowest BCUT2D eigenvalue weighted by atomic mass is 10.2. The van der Waals surface area contributed by atoms with E-state index < -0.39 is 28.0 Å². The Balaban J connectivity index is 1.85. The maximum atomic E-state index is 12.4. The Bertz CT molecular complexity index is 929. The molecule has 0 spiro atoms. The van der Waals surface area contributed by atoms with Crippen LogP contribution in [0.1, 0.15) is 5.56 Å². The van der Waals surface area contributed by atoms with Gasteiger partial charge >= 0.3 is 6.36 Å². The summed E-state index contributed by atoms with van der Waals surface area (Å²) in [6, 6.07) is 13.1. The van der Waals surface area contributed by atoms with E-state index in [4.69, 9.17) is 0 Å². The first-order chi connectivity index (χ1) is 13.2. The van der Waals surface area contributed by atoms with Crippen molar-refractivity contribution < 1.29 is 31.1 Å². The largest absolute Gasteiger partial charge is 0.573 e. The van der Waals surface area contributed by atoms with Gasteiger partial charge in [0.25, 0.3) is 0 Å². The highest BCUT2D eigenvalue weighted by Crippen LogP contribution is 2.26. The van der Waals surface area contributed by atoms with Crippen molar-refractivity contribution in [3.8, 4) is 5.75 Å². The van der Waals surface area contributed by atoms with Gasteiger partial charge in [0.2, 0.25) is 15.9 Å². The van der Waals surface area contributed by atoms with E-state index >= 15 is 0 Å². The van der Waals surface area contributed by atoms with Crippen molar-refractivity contribution in [2.45, 2.75) is 11.3 Å². The molecule has 28 heavy (non-hydrogen) atoms. The molecule has 2 N–H and O–H groups in total. The van der Waals surface area contributed by atoms with Crippen molar-refractivity contribution in [1.82, 2.24) is 10.0 Å². The summed E-state index contributed by atoms with van der Waals surface area (Å²) in [5, 5.41) is 2.43. The SMILES string of the molecule is O=C(/C=C/c1ccccc1OC(F)(F)F)NCCNS(=O)(=O)c1ccccc1. The lowest BCUT2D eigenvalue weighted by molar-refractivity contribution is -0.274. The van der Waals surface area contributed by atoms with Crippen LogP contribution >= 0.6 is 0 Å². The summed E-state index contributed by atoms with van der Waals surface area (Å²) >= 11 is 0.